The normalized spacial score (nSPS) is 10.4. The number of ketones is 1. The van der Waals surface area contributed by atoms with Crippen molar-refractivity contribution in [1.82, 2.24) is 0 Å². The maximum absolute atomic E-state index is 12.0. The molecular formula is C12H9ClOS2. The minimum absolute atomic E-state index is 0.00680. The number of thioether (sulfide) groups is 1. The standard InChI is InChI=1S/C12H9ClOS2/c1-15-9-4-2-8(3-5-9)11(14)12-10(13)6-7-16-12/h2-7H,1H3. The molecule has 1 nitrogen and oxygen atoms in total. The van der Waals surface area contributed by atoms with Crippen molar-refractivity contribution in [2.45, 2.75) is 4.90 Å². The summed E-state index contributed by atoms with van der Waals surface area (Å²) >= 11 is 8.96. The molecule has 0 N–H and O–H groups in total. The first-order valence-corrected chi connectivity index (χ1v) is 7.12. The van der Waals surface area contributed by atoms with E-state index in [0.29, 0.717) is 15.5 Å². The van der Waals surface area contributed by atoms with Crippen LogP contribution in [0.2, 0.25) is 5.02 Å². The zero-order valence-corrected chi connectivity index (χ0v) is 11.0. The lowest BCUT2D eigenvalue weighted by molar-refractivity contribution is 0.104. The summed E-state index contributed by atoms with van der Waals surface area (Å²) in [6.45, 7) is 0. The minimum atomic E-state index is -0.00680. The molecule has 0 radical (unpaired) electrons. The Kier molecular flexibility index (Phi) is 3.69. The SMILES string of the molecule is CSc1ccc(C(=O)c2sccc2Cl)cc1. The molecule has 0 amide bonds. The molecule has 0 aliphatic carbocycles. The highest BCUT2D eigenvalue weighted by molar-refractivity contribution is 7.98. The van der Waals surface area contributed by atoms with Gasteiger partial charge in [-0.1, -0.05) is 11.6 Å². The van der Waals surface area contributed by atoms with Gasteiger partial charge in [0, 0.05) is 10.5 Å². The second-order valence-corrected chi connectivity index (χ2v) is 5.36. The molecule has 1 aromatic carbocycles. The number of carbonyl (C=O) groups excluding carboxylic acids is 1. The lowest BCUT2D eigenvalue weighted by Gasteiger charge is -2.00. The molecule has 1 aromatic heterocycles. The van der Waals surface area contributed by atoms with Gasteiger partial charge in [-0.3, -0.25) is 4.79 Å². The van der Waals surface area contributed by atoms with E-state index in [1.807, 2.05) is 35.9 Å². The van der Waals surface area contributed by atoms with Crippen LogP contribution in [0.4, 0.5) is 0 Å². The van der Waals surface area contributed by atoms with E-state index in [1.54, 1.807) is 17.8 Å². The van der Waals surface area contributed by atoms with Crippen LogP contribution in [0.1, 0.15) is 15.2 Å². The Bertz CT molecular complexity index is 502. The van der Waals surface area contributed by atoms with Crippen LogP contribution >= 0.6 is 34.7 Å². The number of hydrogen-bond acceptors (Lipinski definition) is 3. The number of hydrogen-bond donors (Lipinski definition) is 0. The van der Waals surface area contributed by atoms with Crippen molar-refractivity contribution in [3.8, 4) is 0 Å². The molecule has 16 heavy (non-hydrogen) atoms. The number of carbonyl (C=O) groups is 1. The van der Waals surface area contributed by atoms with Gasteiger partial charge < -0.3 is 0 Å². The fraction of sp³-hybridized carbons (Fsp3) is 0.0833. The highest BCUT2D eigenvalue weighted by Gasteiger charge is 2.13. The van der Waals surface area contributed by atoms with E-state index >= 15 is 0 Å². The van der Waals surface area contributed by atoms with Crippen molar-refractivity contribution in [1.29, 1.82) is 0 Å². The molecule has 2 aromatic rings. The van der Waals surface area contributed by atoms with Gasteiger partial charge in [-0.25, -0.2) is 0 Å². The predicted octanol–water partition coefficient (Wildman–Crippen LogP) is 4.35. The average Bonchev–Trinajstić information content (AvgIpc) is 2.75. The number of thiophene rings is 1. The topological polar surface area (TPSA) is 17.1 Å². The Hall–Kier alpha value is -0.770. The van der Waals surface area contributed by atoms with Crippen LogP contribution < -0.4 is 0 Å². The van der Waals surface area contributed by atoms with Crippen LogP contribution in [0.15, 0.2) is 40.6 Å². The van der Waals surface area contributed by atoms with Crippen LogP contribution in [0, 0.1) is 0 Å². The smallest absolute Gasteiger partial charge is 0.204 e. The van der Waals surface area contributed by atoms with Gasteiger partial charge in [0.25, 0.3) is 0 Å². The first-order valence-electron chi connectivity index (χ1n) is 4.64. The molecule has 0 bridgehead atoms. The summed E-state index contributed by atoms with van der Waals surface area (Å²) in [5.74, 6) is -0.00680. The molecule has 0 saturated heterocycles. The highest BCUT2D eigenvalue weighted by atomic mass is 35.5. The molecule has 0 aliphatic rings. The van der Waals surface area contributed by atoms with Gasteiger partial charge in [0.15, 0.2) is 0 Å². The van der Waals surface area contributed by atoms with E-state index in [9.17, 15) is 4.79 Å². The highest BCUT2D eigenvalue weighted by Crippen LogP contribution is 2.25. The van der Waals surface area contributed by atoms with Crippen LogP contribution in [-0.2, 0) is 0 Å². The summed E-state index contributed by atoms with van der Waals surface area (Å²) in [4.78, 5) is 13.8. The number of halogens is 1. The van der Waals surface area contributed by atoms with Gasteiger partial charge in [-0.15, -0.1) is 23.1 Å². The van der Waals surface area contributed by atoms with Crippen molar-refractivity contribution in [3.63, 3.8) is 0 Å². The Balaban J connectivity index is 2.31. The van der Waals surface area contributed by atoms with E-state index in [1.165, 1.54) is 11.3 Å². The van der Waals surface area contributed by atoms with Crippen LogP contribution in [0.5, 0.6) is 0 Å². The van der Waals surface area contributed by atoms with Gasteiger partial charge in [-0.05, 0) is 42.0 Å². The van der Waals surface area contributed by atoms with Crippen molar-refractivity contribution in [3.05, 3.63) is 51.2 Å². The Morgan fingerprint density at radius 1 is 1.25 bits per heavy atom. The largest absolute Gasteiger partial charge is 0.288 e. The fourth-order valence-electron chi connectivity index (χ4n) is 1.33. The van der Waals surface area contributed by atoms with E-state index in [0.717, 1.165) is 4.90 Å². The second kappa shape index (κ2) is 5.04. The summed E-state index contributed by atoms with van der Waals surface area (Å²) in [7, 11) is 0. The summed E-state index contributed by atoms with van der Waals surface area (Å²) < 4.78 is 0. The molecule has 1 heterocycles. The monoisotopic (exact) mass is 268 g/mol. The zero-order chi connectivity index (χ0) is 11.5. The summed E-state index contributed by atoms with van der Waals surface area (Å²) in [6.07, 6.45) is 2.01. The molecule has 4 heteroatoms. The molecule has 0 spiro atoms. The van der Waals surface area contributed by atoms with Crippen LogP contribution in [0.3, 0.4) is 0 Å². The van der Waals surface area contributed by atoms with E-state index in [4.69, 9.17) is 11.6 Å². The average molecular weight is 269 g/mol. The number of benzene rings is 1. The van der Waals surface area contributed by atoms with Gasteiger partial charge in [0.05, 0.1) is 9.90 Å². The summed E-state index contributed by atoms with van der Waals surface area (Å²) in [5.41, 5.74) is 0.683. The van der Waals surface area contributed by atoms with Gasteiger partial charge in [-0.2, -0.15) is 0 Å². The molecule has 0 fully saturated rings. The van der Waals surface area contributed by atoms with E-state index in [-0.39, 0.29) is 5.78 Å². The molecule has 0 aliphatic heterocycles. The zero-order valence-electron chi connectivity index (χ0n) is 8.57. The van der Waals surface area contributed by atoms with Gasteiger partial charge >= 0.3 is 0 Å². The molecule has 0 saturated carbocycles. The first kappa shape index (κ1) is 11.7. The lowest BCUT2D eigenvalue weighted by Crippen LogP contribution is -1.98. The third-order valence-corrected chi connectivity index (χ3v) is 4.26. The third kappa shape index (κ3) is 2.32. The Morgan fingerprint density at radius 3 is 2.44 bits per heavy atom. The van der Waals surface area contributed by atoms with Crippen LogP contribution in [0.25, 0.3) is 0 Å². The van der Waals surface area contributed by atoms with Gasteiger partial charge in [0.2, 0.25) is 5.78 Å². The molecule has 0 atom stereocenters. The van der Waals surface area contributed by atoms with Gasteiger partial charge in [0.1, 0.15) is 0 Å². The van der Waals surface area contributed by atoms with Crippen LogP contribution in [-0.4, -0.2) is 12.0 Å². The molecular weight excluding hydrogens is 260 g/mol. The Labute approximate surface area is 107 Å². The Morgan fingerprint density at radius 2 is 1.94 bits per heavy atom. The summed E-state index contributed by atoms with van der Waals surface area (Å²) in [5, 5.41) is 2.36. The molecule has 2 rings (SSSR count). The van der Waals surface area contributed by atoms with Crippen molar-refractivity contribution >= 4 is 40.5 Å². The van der Waals surface area contributed by atoms with Crippen molar-refractivity contribution in [2.75, 3.05) is 6.26 Å². The quantitative estimate of drug-likeness (QED) is 0.608. The molecule has 0 unspecified atom stereocenters. The third-order valence-electron chi connectivity index (χ3n) is 2.18. The lowest BCUT2D eigenvalue weighted by atomic mass is 10.1. The van der Waals surface area contributed by atoms with Crippen molar-refractivity contribution < 1.29 is 4.79 Å². The predicted molar refractivity (Wildman–Crippen MR) is 71.0 cm³/mol. The minimum Gasteiger partial charge on any atom is -0.288 e. The second-order valence-electron chi connectivity index (χ2n) is 3.16. The van der Waals surface area contributed by atoms with E-state index < -0.39 is 0 Å². The maximum atomic E-state index is 12.0. The summed E-state index contributed by atoms with van der Waals surface area (Å²) in [6, 6.07) is 9.31. The molecule has 82 valence electrons. The maximum Gasteiger partial charge on any atom is 0.204 e. The van der Waals surface area contributed by atoms with E-state index in [2.05, 4.69) is 0 Å². The first-order chi connectivity index (χ1) is 7.72. The number of rotatable bonds is 3. The van der Waals surface area contributed by atoms with Crippen molar-refractivity contribution in [2.24, 2.45) is 0 Å². The fourth-order valence-corrected chi connectivity index (χ4v) is 2.84.